The van der Waals surface area contributed by atoms with Crippen LogP contribution in [0.2, 0.25) is 0 Å². The molecule has 1 fully saturated rings. The smallest absolute Gasteiger partial charge is 0.332 e. The Hall–Kier alpha value is -3.66. The number of rotatable bonds is 9. The van der Waals surface area contributed by atoms with E-state index in [4.69, 9.17) is 4.74 Å². The van der Waals surface area contributed by atoms with Gasteiger partial charge in [-0.15, -0.1) is 0 Å². The summed E-state index contributed by atoms with van der Waals surface area (Å²) in [6.45, 7) is 9.14. The fourth-order valence-electron chi connectivity index (χ4n) is 5.27. The van der Waals surface area contributed by atoms with E-state index in [2.05, 4.69) is 26.2 Å². The molecule has 1 N–H and O–H groups in total. The number of amides is 1. The zero-order chi connectivity index (χ0) is 27.4. The number of piperazine rings is 1. The summed E-state index contributed by atoms with van der Waals surface area (Å²) in [4.78, 5) is 46.9. The van der Waals surface area contributed by atoms with E-state index in [0.717, 1.165) is 72.0 Å². The summed E-state index contributed by atoms with van der Waals surface area (Å²) in [6, 6.07) is 8.12. The van der Waals surface area contributed by atoms with Gasteiger partial charge in [0, 0.05) is 58.9 Å². The molecule has 1 saturated heterocycles. The molecular weight excluding hydrogens is 484 g/mol. The highest BCUT2D eigenvalue weighted by Gasteiger charge is 2.20. The lowest BCUT2D eigenvalue weighted by molar-refractivity contribution is -0.121. The number of nitrogens with zero attached hydrogens (tertiary/aromatic N) is 5. The maximum absolute atomic E-state index is 12.8. The highest BCUT2D eigenvalue weighted by molar-refractivity contribution is 5.80. The summed E-state index contributed by atoms with van der Waals surface area (Å²) in [6.07, 6.45) is 1.70. The van der Waals surface area contributed by atoms with Gasteiger partial charge in [-0.25, -0.2) is 9.78 Å². The molecule has 0 unspecified atom stereocenters. The minimum absolute atomic E-state index is 0.0155. The summed E-state index contributed by atoms with van der Waals surface area (Å²) >= 11 is 0. The van der Waals surface area contributed by atoms with Gasteiger partial charge in [0.2, 0.25) is 5.91 Å². The Morgan fingerprint density at radius 1 is 1.05 bits per heavy atom. The maximum Gasteiger partial charge on any atom is 0.332 e. The van der Waals surface area contributed by atoms with Crippen LogP contribution in [0.3, 0.4) is 0 Å². The van der Waals surface area contributed by atoms with Crippen LogP contribution in [-0.2, 0) is 25.3 Å². The van der Waals surface area contributed by atoms with E-state index in [1.54, 1.807) is 14.2 Å². The fraction of sp³-hybridized carbons (Fsp3) is 0.500. The third kappa shape index (κ3) is 5.60. The molecule has 0 atom stereocenters. The third-order valence-corrected chi connectivity index (χ3v) is 7.55. The number of carbonyl (C=O) groups is 1. The number of aromatic nitrogens is 3. The molecule has 1 amide bonds. The van der Waals surface area contributed by atoms with Crippen LogP contribution in [0.15, 0.2) is 33.9 Å². The van der Waals surface area contributed by atoms with E-state index >= 15 is 0 Å². The lowest BCUT2D eigenvalue weighted by Crippen LogP contribution is -2.47. The van der Waals surface area contributed by atoms with Crippen molar-refractivity contribution >= 4 is 22.6 Å². The van der Waals surface area contributed by atoms with Crippen molar-refractivity contribution in [2.75, 3.05) is 51.3 Å². The van der Waals surface area contributed by atoms with E-state index < -0.39 is 5.69 Å². The van der Waals surface area contributed by atoms with Crippen LogP contribution < -0.4 is 26.2 Å². The summed E-state index contributed by atoms with van der Waals surface area (Å²) in [5.74, 6) is 0.889. The van der Waals surface area contributed by atoms with E-state index in [1.807, 2.05) is 32.0 Å². The highest BCUT2D eigenvalue weighted by Crippen LogP contribution is 2.28. The predicted octanol–water partition coefficient (Wildman–Crippen LogP) is 1.52. The van der Waals surface area contributed by atoms with Crippen LogP contribution in [0.5, 0.6) is 5.75 Å². The number of benzene rings is 1. The van der Waals surface area contributed by atoms with E-state index in [1.165, 1.54) is 11.6 Å². The molecule has 0 saturated carbocycles. The van der Waals surface area contributed by atoms with Crippen LogP contribution in [0.4, 0.5) is 5.69 Å². The van der Waals surface area contributed by atoms with Gasteiger partial charge in [-0.2, -0.15) is 0 Å². The number of methoxy groups -OCH3 is 1. The molecule has 10 nitrogen and oxygen atoms in total. The average Bonchev–Trinajstić information content (AvgIpc) is 2.93. The first-order chi connectivity index (χ1) is 18.2. The number of nitrogens with one attached hydrogen (secondary N) is 1. The van der Waals surface area contributed by atoms with Gasteiger partial charge in [-0.05, 0) is 56.5 Å². The molecule has 2 aromatic heterocycles. The standard InChI is InChI=1S/C28H38N6O4/c1-19-21(20(2)30-26-25(19)27(36)32(4)28(37)31(26)3)11-12-24(35)29-13-8-14-33-15-17-34(18-16-33)22-9-6-7-10-23(22)38-5/h6-7,9-10H,8,11-18H2,1-5H3,(H,29,35). The van der Waals surface area contributed by atoms with Crippen molar-refractivity contribution in [1.82, 2.24) is 24.3 Å². The van der Waals surface area contributed by atoms with Crippen LogP contribution >= 0.6 is 0 Å². The van der Waals surface area contributed by atoms with E-state index in [-0.39, 0.29) is 11.5 Å². The van der Waals surface area contributed by atoms with Gasteiger partial charge >= 0.3 is 5.69 Å². The number of ether oxygens (including phenoxy) is 1. The zero-order valence-corrected chi connectivity index (χ0v) is 23.0. The summed E-state index contributed by atoms with van der Waals surface area (Å²) in [7, 11) is 4.79. The molecule has 0 bridgehead atoms. The van der Waals surface area contributed by atoms with Crippen LogP contribution in [0.1, 0.15) is 29.7 Å². The predicted molar refractivity (Wildman–Crippen MR) is 149 cm³/mol. The Bertz CT molecular complexity index is 1440. The minimum Gasteiger partial charge on any atom is -0.495 e. The lowest BCUT2D eigenvalue weighted by Gasteiger charge is -2.36. The molecule has 3 aromatic rings. The molecule has 0 spiro atoms. The van der Waals surface area contributed by atoms with Gasteiger partial charge in [-0.1, -0.05) is 12.1 Å². The van der Waals surface area contributed by atoms with Crippen molar-refractivity contribution in [2.45, 2.75) is 33.1 Å². The SMILES string of the molecule is COc1ccccc1N1CCN(CCCNC(=O)CCc2c(C)nc3c(c2C)c(=O)n(C)c(=O)n3C)CC1. The van der Waals surface area contributed by atoms with Gasteiger partial charge in [0.25, 0.3) is 5.56 Å². The van der Waals surface area contributed by atoms with Gasteiger partial charge in [0.05, 0.1) is 18.2 Å². The Balaban J connectivity index is 1.25. The van der Waals surface area contributed by atoms with Gasteiger partial charge < -0.3 is 15.0 Å². The van der Waals surface area contributed by atoms with Crippen LogP contribution in [0, 0.1) is 13.8 Å². The highest BCUT2D eigenvalue weighted by atomic mass is 16.5. The lowest BCUT2D eigenvalue weighted by atomic mass is 10.00. The normalized spacial score (nSPS) is 14.2. The van der Waals surface area contributed by atoms with Crippen molar-refractivity contribution in [3.05, 3.63) is 61.9 Å². The van der Waals surface area contributed by atoms with Gasteiger partial charge in [0.15, 0.2) is 0 Å². The maximum atomic E-state index is 12.8. The molecular formula is C28H38N6O4. The first-order valence-corrected chi connectivity index (χ1v) is 13.2. The topological polar surface area (TPSA) is 102 Å². The summed E-state index contributed by atoms with van der Waals surface area (Å²) in [5, 5.41) is 3.46. The number of carbonyl (C=O) groups excluding carboxylic acids is 1. The summed E-state index contributed by atoms with van der Waals surface area (Å²) in [5.41, 5.74) is 3.16. The first-order valence-electron chi connectivity index (χ1n) is 13.2. The van der Waals surface area contributed by atoms with Crippen molar-refractivity contribution in [3.63, 3.8) is 0 Å². The fourth-order valence-corrected chi connectivity index (χ4v) is 5.27. The molecule has 3 heterocycles. The first kappa shape index (κ1) is 27.4. The number of fused-ring (bicyclic) bond motifs is 1. The van der Waals surface area contributed by atoms with Gasteiger partial charge in [-0.3, -0.25) is 23.6 Å². The van der Waals surface area contributed by atoms with Crippen molar-refractivity contribution in [1.29, 1.82) is 0 Å². The molecule has 0 aliphatic carbocycles. The number of hydrogen-bond donors (Lipinski definition) is 1. The zero-order valence-electron chi connectivity index (χ0n) is 23.0. The second kappa shape index (κ2) is 11.8. The minimum atomic E-state index is -0.403. The Kier molecular flexibility index (Phi) is 8.51. The Morgan fingerprint density at radius 2 is 1.76 bits per heavy atom. The second-order valence-corrected chi connectivity index (χ2v) is 9.91. The third-order valence-electron chi connectivity index (χ3n) is 7.55. The van der Waals surface area contributed by atoms with E-state index in [9.17, 15) is 14.4 Å². The van der Waals surface area contributed by atoms with Crippen LogP contribution in [-0.4, -0.2) is 71.3 Å². The van der Waals surface area contributed by atoms with Crippen molar-refractivity contribution in [3.8, 4) is 5.75 Å². The molecule has 1 aliphatic rings. The van der Waals surface area contributed by atoms with Crippen molar-refractivity contribution in [2.24, 2.45) is 14.1 Å². The quantitative estimate of drug-likeness (QED) is 0.425. The molecule has 1 aliphatic heterocycles. The largest absolute Gasteiger partial charge is 0.495 e. The number of anilines is 1. The molecule has 38 heavy (non-hydrogen) atoms. The number of pyridine rings is 1. The van der Waals surface area contributed by atoms with E-state index in [0.29, 0.717) is 30.4 Å². The second-order valence-electron chi connectivity index (χ2n) is 9.91. The van der Waals surface area contributed by atoms with Crippen LogP contribution in [0.25, 0.3) is 11.0 Å². The Labute approximate surface area is 222 Å². The molecule has 4 rings (SSSR count). The summed E-state index contributed by atoms with van der Waals surface area (Å²) < 4.78 is 7.99. The Morgan fingerprint density at radius 3 is 2.47 bits per heavy atom. The van der Waals surface area contributed by atoms with Gasteiger partial charge in [0.1, 0.15) is 11.4 Å². The molecule has 10 heteroatoms. The average molecular weight is 523 g/mol. The number of hydrogen-bond acceptors (Lipinski definition) is 7. The number of para-hydroxylation sites is 2. The monoisotopic (exact) mass is 522 g/mol. The number of aryl methyl sites for hydroxylation is 3. The molecule has 204 valence electrons. The van der Waals surface area contributed by atoms with Crippen molar-refractivity contribution < 1.29 is 9.53 Å². The molecule has 1 aromatic carbocycles. The molecule has 0 radical (unpaired) electrons.